The molecule has 7 heteroatoms. The van der Waals surface area contributed by atoms with Crippen molar-refractivity contribution in [1.29, 1.82) is 0 Å². The molecule has 0 saturated carbocycles. The third-order valence-corrected chi connectivity index (χ3v) is 4.07. The Morgan fingerprint density at radius 3 is 2.77 bits per heavy atom. The molecule has 7 nitrogen and oxygen atoms in total. The van der Waals surface area contributed by atoms with Crippen LogP contribution in [0.25, 0.3) is 16.9 Å². The van der Waals surface area contributed by atoms with Crippen LogP contribution in [0.15, 0.2) is 54.7 Å². The average molecular weight is 346 g/mol. The summed E-state index contributed by atoms with van der Waals surface area (Å²) < 4.78 is 7.36. The van der Waals surface area contributed by atoms with Crippen molar-refractivity contribution in [2.75, 3.05) is 18.2 Å². The first kappa shape index (κ1) is 15.9. The monoisotopic (exact) mass is 346 g/mol. The first-order valence-electron chi connectivity index (χ1n) is 8.14. The second-order valence-electron chi connectivity index (χ2n) is 5.81. The number of methoxy groups -OCH3 is 1. The van der Waals surface area contributed by atoms with Crippen LogP contribution in [-0.4, -0.2) is 26.6 Å². The lowest BCUT2D eigenvalue weighted by Gasteiger charge is -2.12. The Hall–Kier alpha value is -3.61. The molecule has 0 amide bonds. The SMILES string of the molecule is COc1ccc(N)cc1Nc1nccc(-n2c(C)nc3ccccc32)n1. The van der Waals surface area contributed by atoms with Crippen molar-refractivity contribution in [3.8, 4) is 11.6 Å². The molecular weight excluding hydrogens is 328 g/mol. The number of aromatic nitrogens is 4. The molecule has 2 aromatic carbocycles. The van der Waals surface area contributed by atoms with Gasteiger partial charge in [0.25, 0.3) is 0 Å². The van der Waals surface area contributed by atoms with Gasteiger partial charge in [-0.1, -0.05) is 12.1 Å². The van der Waals surface area contributed by atoms with E-state index in [0.717, 1.165) is 22.7 Å². The Morgan fingerprint density at radius 1 is 1.08 bits per heavy atom. The lowest BCUT2D eigenvalue weighted by atomic mass is 10.2. The molecule has 4 rings (SSSR count). The zero-order valence-electron chi connectivity index (χ0n) is 14.5. The smallest absolute Gasteiger partial charge is 0.229 e. The molecule has 0 radical (unpaired) electrons. The number of nitrogens with two attached hydrogens (primary N) is 1. The highest BCUT2D eigenvalue weighted by Gasteiger charge is 2.11. The number of rotatable bonds is 4. The summed E-state index contributed by atoms with van der Waals surface area (Å²) in [7, 11) is 1.61. The number of nitrogen functional groups attached to an aromatic ring is 1. The molecule has 0 spiro atoms. The molecule has 0 fully saturated rings. The maximum atomic E-state index is 5.88. The van der Waals surface area contributed by atoms with Gasteiger partial charge in [0.05, 0.1) is 23.8 Å². The molecule has 130 valence electrons. The normalized spacial score (nSPS) is 10.8. The van der Waals surface area contributed by atoms with Crippen LogP contribution in [0, 0.1) is 6.92 Å². The fourth-order valence-electron chi connectivity index (χ4n) is 2.91. The highest BCUT2D eigenvalue weighted by atomic mass is 16.5. The summed E-state index contributed by atoms with van der Waals surface area (Å²) in [6.07, 6.45) is 1.71. The van der Waals surface area contributed by atoms with Crippen LogP contribution in [0.5, 0.6) is 5.75 Å². The number of aryl methyl sites for hydroxylation is 1. The van der Waals surface area contributed by atoms with Gasteiger partial charge in [0, 0.05) is 11.9 Å². The van der Waals surface area contributed by atoms with E-state index < -0.39 is 0 Å². The fraction of sp³-hybridized carbons (Fsp3) is 0.105. The molecule has 3 N–H and O–H groups in total. The molecule has 0 saturated heterocycles. The van der Waals surface area contributed by atoms with Gasteiger partial charge >= 0.3 is 0 Å². The van der Waals surface area contributed by atoms with Gasteiger partial charge in [-0.15, -0.1) is 0 Å². The number of hydrogen-bond donors (Lipinski definition) is 2. The number of nitrogens with one attached hydrogen (secondary N) is 1. The van der Waals surface area contributed by atoms with E-state index in [0.29, 0.717) is 23.1 Å². The van der Waals surface area contributed by atoms with E-state index in [2.05, 4.69) is 20.3 Å². The number of para-hydroxylation sites is 2. The van der Waals surface area contributed by atoms with E-state index in [1.165, 1.54) is 0 Å². The number of hydrogen-bond acceptors (Lipinski definition) is 6. The number of ether oxygens (including phenoxy) is 1. The Balaban J connectivity index is 1.76. The fourth-order valence-corrected chi connectivity index (χ4v) is 2.91. The molecule has 0 aliphatic rings. The molecule has 0 bridgehead atoms. The largest absolute Gasteiger partial charge is 0.495 e. The second-order valence-corrected chi connectivity index (χ2v) is 5.81. The van der Waals surface area contributed by atoms with Gasteiger partial charge in [0.1, 0.15) is 17.4 Å². The number of fused-ring (bicyclic) bond motifs is 1. The third kappa shape index (κ3) is 2.79. The zero-order chi connectivity index (χ0) is 18.1. The maximum absolute atomic E-state index is 5.88. The molecule has 0 aliphatic heterocycles. The van der Waals surface area contributed by atoms with E-state index >= 15 is 0 Å². The molecule has 0 unspecified atom stereocenters. The van der Waals surface area contributed by atoms with Crippen LogP contribution in [0.1, 0.15) is 5.82 Å². The summed E-state index contributed by atoms with van der Waals surface area (Å²) >= 11 is 0. The van der Waals surface area contributed by atoms with Gasteiger partial charge in [-0.05, 0) is 43.3 Å². The number of benzene rings is 2. The lowest BCUT2D eigenvalue weighted by Crippen LogP contribution is -2.05. The van der Waals surface area contributed by atoms with Crippen LogP contribution in [0.3, 0.4) is 0 Å². The van der Waals surface area contributed by atoms with Crippen LogP contribution >= 0.6 is 0 Å². The number of nitrogens with zero attached hydrogens (tertiary/aromatic N) is 4. The zero-order valence-corrected chi connectivity index (χ0v) is 14.5. The summed E-state index contributed by atoms with van der Waals surface area (Å²) in [4.78, 5) is 13.5. The van der Waals surface area contributed by atoms with Crippen molar-refractivity contribution < 1.29 is 4.74 Å². The first-order valence-corrected chi connectivity index (χ1v) is 8.14. The Kier molecular flexibility index (Phi) is 3.89. The van der Waals surface area contributed by atoms with E-state index in [9.17, 15) is 0 Å². The highest BCUT2D eigenvalue weighted by molar-refractivity contribution is 5.78. The molecular formula is C19H18N6O. The molecule has 4 aromatic rings. The van der Waals surface area contributed by atoms with Gasteiger partial charge in [0.15, 0.2) is 0 Å². The number of anilines is 3. The Labute approximate surface area is 150 Å². The quantitative estimate of drug-likeness (QED) is 0.550. The van der Waals surface area contributed by atoms with Gasteiger partial charge in [-0.25, -0.2) is 9.97 Å². The van der Waals surface area contributed by atoms with Crippen molar-refractivity contribution in [3.63, 3.8) is 0 Å². The molecule has 2 heterocycles. The predicted molar refractivity (Wildman–Crippen MR) is 102 cm³/mol. The van der Waals surface area contributed by atoms with Crippen molar-refractivity contribution >= 4 is 28.4 Å². The summed E-state index contributed by atoms with van der Waals surface area (Å²) in [5.74, 6) is 2.70. The van der Waals surface area contributed by atoms with Crippen LogP contribution in [-0.2, 0) is 0 Å². The van der Waals surface area contributed by atoms with E-state index in [4.69, 9.17) is 10.5 Å². The summed E-state index contributed by atoms with van der Waals surface area (Å²) in [6, 6.07) is 15.2. The van der Waals surface area contributed by atoms with Gasteiger partial charge in [-0.3, -0.25) is 4.57 Å². The topological polar surface area (TPSA) is 90.9 Å². The maximum Gasteiger partial charge on any atom is 0.229 e. The molecule has 2 aromatic heterocycles. The Bertz CT molecular complexity index is 1090. The number of imidazole rings is 1. The minimum absolute atomic E-state index is 0.448. The van der Waals surface area contributed by atoms with Crippen molar-refractivity contribution in [2.24, 2.45) is 0 Å². The van der Waals surface area contributed by atoms with E-state index in [-0.39, 0.29) is 0 Å². The van der Waals surface area contributed by atoms with E-state index in [1.807, 2.05) is 41.8 Å². The summed E-state index contributed by atoms with van der Waals surface area (Å²) in [6.45, 7) is 1.95. The first-order chi connectivity index (χ1) is 12.7. The molecule has 0 atom stereocenters. The standard InChI is InChI=1S/C19H18N6O/c1-12-22-14-5-3-4-6-16(14)25(12)18-9-10-21-19(24-18)23-15-11-13(20)7-8-17(15)26-2/h3-11H,20H2,1-2H3,(H,21,23,24). The highest BCUT2D eigenvalue weighted by Crippen LogP contribution is 2.29. The average Bonchev–Trinajstić information content (AvgIpc) is 2.98. The second kappa shape index (κ2) is 6.36. The van der Waals surface area contributed by atoms with Gasteiger partial charge < -0.3 is 15.8 Å². The van der Waals surface area contributed by atoms with Crippen LogP contribution in [0.2, 0.25) is 0 Å². The molecule has 0 aliphatic carbocycles. The molecule has 26 heavy (non-hydrogen) atoms. The van der Waals surface area contributed by atoms with Crippen LogP contribution in [0.4, 0.5) is 17.3 Å². The minimum atomic E-state index is 0.448. The van der Waals surface area contributed by atoms with Crippen LogP contribution < -0.4 is 15.8 Å². The third-order valence-electron chi connectivity index (χ3n) is 4.07. The lowest BCUT2D eigenvalue weighted by molar-refractivity contribution is 0.417. The predicted octanol–water partition coefficient (Wildman–Crippen LogP) is 3.46. The summed E-state index contributed by atoms with van der Waals surface area (Å²) in [5, 5.41) is 3.17. The van der Waals surface area contributed by atoms with Gasteiger partial charge in [-0.2, -0.15) is 4.98 Å². The summed E-state index contributed by atoms with van der Waals surface area (Å²) in [5.41, 5.74) is 9.13. The van der Waals surface area contributed by atoms with Crippen molar-refractivity contribution in [3.05, 3.63) is 60.6 Å². The Morgan fingerprint density at radius 2 is 1.92 bits per heavy atom. The van der Waals surface area contributed by atoms with Gasteiger partial charge in [0.2, 0.25) is 5.95 Å². The van der Waals surface area contributed by atoms with Crippen molar-refractivity contribution in [2.45, 2.75) is 6.92 Å². The minimum Gasteiger partial charge on any atom is -0.495 e. The van der Waals surface area contributed by atoms with Crippen molar-refractivity contribution in [1.82, 2.24) is 19.5 Å². The van der Waals surface area contributed by atoms with E-state index in [1.54, 1.807) is 31.5 Å².